The molecule has 3 aromatic carbocycles. The van der Waals surface area contributed by atoms with Gasteiger partial charge in [-0.3, -0.25) is 43.9 Å². The molecule has 0 saturated carbocycles. The lowest BCUT2D eigenvalue weighted by molar-refractivity contribution is -0.136. The van der Waals surface area contributed by atoms with Crippen molar-refractivity contribution in [3.8, 4) is 5.75 Å². The summed E-state index contributed by atoms with van der Waals surface area (Å²) in [6.45, 7) is 7.54. The van der Waals surface area contributed by atoms with E-state index in [0.29, 0.717) is 83.9 Å². The highest BCUT2D eigenvalue weighted by molar-refractivity contribution is 6.31. The van der Waals surface area contributed by atoms with Crippen LogP contribution in [0, 0.1) is 5.82 Å². The molecule has 1 unspecified atom stereocenters. The highest BCUT2D eigenvalue weighted by Crippen LogP contribution is 2.35. The summed E-state index contributed by atoms with van der Waals surface area (Å²) in [5.41, 5.74) is 2.93. The molecule has 324 valence electrons. The van der Waals surface area contributed by atoms with E-state index >= 15 is 0 Å². The van der Waals surface area contributed by atoms with Gasteiger partial charge < -0.3 is 20.3 Å². The predicted molar refractivity (Wildman–Crippen MR) is 231 cm³/mol. The fourth-order valence-electron chi connectivity index (χ4n) is 8.06. The maximum atomic E-state index is 13.7. The van der Waals surface area contributed by atoms with Gasteiger partial charge in [-0.05, 0) is 74.1 Å². The van der Waals surface area contributed by atoms with E-state index in [0.717, 1.165) is 62.2 Å². The molecule has 0 bridgehead atoms. The first-order valence-corrected chi connectivity index (χ1v) is 21.3. The van der Waals surface area contributed by atoms with E-state index in [2.05, 4.69) is 37.4 Å². The van der Waals surface area contributed by atoms with Gasteiger partial charge in [0.25, 0.3) is 11.8 Å². The van der Waals surface area contributed by atoms with Gasteiger partial charge in [-0.15, -0.1) is 0 Å². The van der Waals surface area contributed by atoms with Crippen LogP contribution in [-0.4, -0.2) is 105 Å². The topological polar surface area (TPSA) is 183 Å². The number of rotatable bonds is 18. The molecule has 2 saturated heterocycles. The van der Waals surface area contributed by atoms with Crippen LogP contribution in [0.5, 0.6) is 5.75 Å². The smallest absolute Gasteiger partial charge is 0.262 e. The quantitative estimate of drug-likeness (QED) is 0.0589. The van der Waals surface area contributed by atoms with Gasteiger partial charge in [0.15, 0.2) is 0 Å². The van der Waals surface area contributed by atoms with Crippen LogP contribution in [0.3, 0.4) is 0 Å². The molecule has 7 rings (SSSR count). The number of amides is 6. The zero-order valence-electron chi connectivity index (χ0n) is 34.2. The lowest BCUT2D eigenvalue weighted by Gasteiger charge is -2.34. The molecule has 1 atom stereocenters. The molecule has 0 aliphatic carbocycles. The summed E-state index contributed by atoms with van der Waals surface area (Å²) in [6, 6.07) is 11.9. The van der Waals surface area contributed by atoms with Gasteiger partial charge in [0, 0.05) is 62.7 Å². The normalized spacial score (nSPS) is 16.6. The number of unbranched alkanes of at least 4 members (excludes halogenated alkanes) is 4. The average Bonchev–Trinajstić information content (AvgIpc) is 3.52. The van der Waals surface area contributed by atoms with Crippen LogP contribution in [-0.2, 0) is 25.6 Å². The zero-order chi connectivity index (χ0) is 43.8. The van der Waals surface area contributed by atoms with Gasteiger partial charge in [-0.2, -0.15) is 0 Å². The number of anilines is 3. The fourth-order valence-corrected chi connectivity index (χ4v) is 8.24. The molecule has 15 nitrogen and oxygen atoms in total. The minimum atomic E-state index is -0.987. The number of benzene rings is 3. The number of carbonyl (C=O) groups excluding carboxylic acids is 6. The number of halogens is 2. The largest absolute Gasteiger partial charge is 0.491 e. The lowest BCUT2D eigenvalue weighted by atomic mass is 9.97. The predicted octanol–water partition coefficient (Wildman–Crippen LogP) is 6.19. The molecule has 3 aliphatic heterocycles. The van der Waals surface area contributed by atoms with Crippen LogP contribution in [0.1, 0.15) is 84.1 Å². The van der Waals surface area contributed by atoms with E-state index in [1.807, 2.05) is 11.0 Å². The third-order valence-electron chi connectivity index (χ3n) is 11.4. The second kappa shape index (κ2) is 20.1. The Morgan fingerprint density at radius 1 is 0.952 bits per heavy atom. The molecule has 1 aromatic heterocycles. The number of ether oxygens (including phenoxy) is 1. The SMILES string of the molecule is C=CC(=O)Nc1cc2c(Nc3ccc(F)c(Cl)c3)ncnc2cc1OCCCN1CCN(C(=O)CCCCCCCc2cccc3c2C(=O)N(C2CCC(=O)NC2=O)C3=O)CC1. The van der Waals surface area contributed by atoms with Crippen molar-refractivity contribution < 1.29 is 37.9 Å². The second-order valence-electron chi connectivity index (χ2n) is 15.5. The summed E-state index contributed by atoms with van der Waals surface area (Å²) in [7, 11) is 0. The minimum absolute atomic E-state index is 0.0356. The van der Waals surface area contributed by atoms with Crippen LogP contribution < -0.4 is 20.7 Å². The van der Waals surface area contributed by atoms with Crippen molar-refractivity contribution in [2.75, 3.05) is 50.0 Å². The summed E-state index contributed by atoms with van der Waals surface area (Å²) in [5, 5.41) is 8.72. The van der Waals surface area contributed by atoms with Crippen molar-refractivity contribution >= 4 is 75.1 Å². The summed E-state index contributed by atoms with van der Waals surface area (Å²) < 4.78 is 19.9. The number of hydrogen-bond acceptors (Lipinski definition) is 11. The molecular weight excluding hydrogens is 819 g/mol. The number of imide groups is 2. The molecule has 62 heavy (non-hydrogen) atoms. The van der Waals surface area contributed by atoms with Crippen LogP contribution in [0.2, 0.25) is 5.02 Å². The van der Waals surface area contributed by atoms with E-state index < -0.39 is 41.4 Å². The van der Waals surface area contributed by atoms with Crippen LogP contribution >= 0.6 is 11.6 Å². The lowest BCUT2D eigenvalue weighted by Crippen LogP contribution is -2.54. The van der Waals surface area contributed by atoms with Crippen molar-refractivity contribution in [3.05, 3.63) is 95.0 Å². The Morgan fingerprint density at radius 2 is 1.74 bits per heavy atom. The van der Waals surface area contributed by atoms with E-state index in [4.69, 9.17) is 16.3 Å². The molecule has 0 spiro atoms. The summed E-state index contributed by atoms with van der Waals surface area (Å²) in [4.78, 5) is 89.8. The number of carbonyl (C=O) groups is 6. The second-order valence-corrected chi connectivity index (χ2v) is 15.9. The Hall–Kier alpha value is -6.26. The molecule has 2 fully saturated rings. The Kier molecular flexibility index (Phi) is 14.2. The van der Waals surface area contributed by atoms with Gasteiger partial charge in [0.1, 0.15) is 29.8 Å². The van der Waals surface area contributed by atoms with E-state index in [9.17, 15) is 33.2 Å². The number of piperidine rings is 1. The number of nitrogens with zero attached hydrogens (tertiary/aromatic N) is 5. The van der Waals surface area contributed by atoms with Gasteiger partial charge in [-0.25, -0.2) is 14.4 Å². The number of aryl methyl sites for hydroxylation is 1. The third kappa shape index (κ3) is 10.3. The minimum Gasteiger partial charge on any atom is -0.491 e. The Bertz CT molecular complexity index is 2410. The number of aromatic nitrogens is 2. The highest BCUT2D eigenvalue weighted by Gasteiger charge is 2.45. The van der Waals surface area contributed by atoms with Crippen molar-refractivity contribution in [2.45, 2.75) is 70.3 Å². The molecule has 3 N–H and O–H groups in total. The fraction of sp³-hybridized carbons (Fsp3) is 0.378. The summed E-state index contributed by atoms with van der Waals surface area (Å²) in [5.74, 6) is -1.94. The monoisotopic (exact) mass is 866 g/mol. The van der Waals surface area contributed by atoms with Crippen molar-refractivity contribution in [3.63, 3.8) is 0 Å². The maximum absolute atomic E-state index is 13.7. The molecule has 0 radical (unpaired) electrons. The number of nitrogens with one attached hydrogen (secondary N) is 3. The number of piperazine rings is 1. The van der Waals surface area contributed by atoms with E-state index in [1.54, 1.807) is 24.3 Å². The van der Waals surface area contributed by atoms with Crippen LogP contribution in [0.25, 0.3) is 10.9 Å². The highest BCUT2D eigenvalue weighted by atomic mass is 35.5. The van der Waals surface area contributed by atoms with Gasteiger partial charge >= 0.3 is 0 Å². The molecule has 6 amide bonds. The van der Waals surface area contributed by atoms with Crippen molar-refractivity contribution in [1.82, 2.24) is 30.0 Å². The third-order valence-corrected chi connectivity index (χ3v) is 11.6. The van der Waals surface area contributed by atoms with E-state index in [-0.39, 0.29) is 23.8 Å². The summed E-state index contributed by atoms with van der Waals surface area (Å²) in [6.07, 6.45) is 8.95. The van der Waals surface area contributed by atoms with Crippen molar-refractivity contribution in [1.29, 1.82) is 0 Å². The van der Waals surface area contributed by atoms with Crippen molar-refractivity contribution in [2.24, 2.45) is 0 Å². The number of hydrogen-bond donors (Lipinski definition) is 3. The average molecular weight is 867 g/mol. The van der Waals surface area contributed by atoms with Gasteiger partial charge in [-0.1, -0.05) is 49.6 Å². The first kappa shape index (κ1) is 43.8. The first-order valence-electron chi connectivity index (χ1n) is 20.9. The first-order chi connectivity index (χ1) is 30.0. The van der Waals surface area contributed by atoms with Gasteiger partial charge in [0.2, 0.25) is 23.6 Å². The Morgan fingerprint density at radius 3 is 2.52 bits per heavy atom. The molecule has 4 aromatic rings. The van der Waals surface area contributed by atoms with Crippen LogP contribution in [0.4, 0.5) is 21.6 Å². The van der Waals surface area contributed by atoms with Crippen LogP contribution in [0.15, 0.2) is 67.5 Å². The molecule has 3 aliphatic rings. The van der Waals surface area contributed by atoms with E-state index in [1.165, 1.54) is 30.6 Å². The Labute approximate surface area is 363 Å². The molecule has 17 heteroatoms. The summed E-state index contributed by atoms with van der Waals surface area (Å²) >= 11 is 5.96. The molecule has 4 heterocycles. The maximum Gasteiger partial charge on any atom is 0.262 e. The van der Waals surface area contributed by atoms with Gasteiger partial charge in [0.05, 0.1) is 34.0 Å². The zero-order valence-corrected chi connectivity index (χ0v) is 35.0. The molecular formula is C45H48ClFN8O7. The standard InChI is InChI=1S/C45H48ClFN8O7/c1-2-38(56)51-35-25-31-34(48-27-49-42(31)50-29-14-15-33(47)32(46)24-29)26-37(35)62-23-9-18-53-19-21-54(22-20-53)40(58)13-7-5-3-4-6-10-28-11-8-12-30-41(28)45(61)55(44(30)60)36-16-17-39(57)52-43(36)59/h2,8,11-12,14-15,24-27,36H,1,3-7,9-10,13,16-23H2,(H,51,56)(H,48,49,50)(H,52,57,59). The Balaban J connectivity index is 0.804. The number of fused-ring (bicyclic) bond motifs is 2.